The normalized spacial score (nSPS) is 12.1. The van der Waals surface area contributed by atoms with Gasteiger partial charge in [-0.3, -0.25) is 4.79 Å². The highest BCUT2D eigenvalue weighted by atomic mass is 35.5. The molecule has 4 rings (SSSR count). The van der Waals surface area contributed by atoms with E-state index in [4.69, 9.17) is 16.3 Å². The van der Waals surface area contributed by atoms with E-state index in [-0.39, 0.29) is 5.78 Å². The lowest BCUT2D eigenvalue weighted by Crippen LogP contribution is -2.47. The van der Waals surface area contributed by atoms with E-state index in [0.717, 1.165) is 15.9 Å². The molecule has 33 heavy (non-hydrogen) atoms. The third kappa shape index (κ3) is 4.35. The highest BCUT2D eigenvalue weighted by molar-refractivity contribution is 7.97. The Morgan fingerprint density at radius 2 is 1.06 bits per heavy atom. The summed E-state index contributed by atoms with van der Waals surface area (Å²) in [6, 6.07) is 36.1. The second-order valence-electron chi connectivity index (χ2n) is 7.53. The summed E-state index contributed by atoms with van der Waals surface area (Å²) >= 11 is 6.07. The number of carbonyl (C=O) groups excluding carboxylic acids is 2. The Labute approximate surface area is 199 Å². The molecule has 0 saturated heterocycles. The predicted octanol–water partition coefficient (Wildman–Crippen LogP) is 5.06. The third-order valence-corrected chi connectivity index (χ3v) is 10.5. The van der Waals surface area contributed by atoms with Gasteiger partial charge in [-0.15, -0.1) is 0 Å². The van der Waals surface area contributed by atoms with Crippen LogP contribution in [-0.4, -0.2) is 24.5 Å². The molecule has 0 aliphatic heterocycles. The van der Waals surface area contributed by atoms with E-state index >= 15 is 0 Å². The molecule has 164 valence electrons. The van der Waals surface area contributed by atoms with Gasteiger partial charge in [-0.2, -0.15) is 0 Å². The van der Waals surface area contributed by atoms with Crippen LogP contribution in [0.1, 0.15) is 10.4 Å². The molecule has 0 saturated carbocycles. The first kappa shape index (κ1) is 22.9. The number of esters is 1. The quantitative estimate of drug-likeness (QED) is 0.163. The largest absolute Gasteiger partial charge is 0.466 e. The SMILES string of the molecule is COC(=O)C(C(=O)c1ccc(Cl)cc1)[P+](c1ccccc1)(c1ccccc1)c1ccccc1. The predicted molar refractivity (Wildman–Crippen MR) is 137 cm³/mol. The van der Waals surface area contributed by atoms with Crippen molar-refractivity contribution in [1.29, 1.82) is 0 Å². The van der Waals surface area contributed by atoms with Gasteiger partial charge >= 0.3 is 5.97 Å². The van der Waals surface area contributed by atoms with Crippen LogP contribution >= 0.6 is 18.9 Å². The van der Waals surface area contributed by atoms with E-state index in [1.807, 2.05) is 91.0 Å². The van der Waals surface area contributed by atoms with Gasteiger partial charge in [0.1, 0.15) is 23.2 Å². The monoisotopic (exact) mass is 473 g/mol. The maximum absolute atomic E-state index is 14.1. The molecule has 0 radical (unpaired) electrons. The first-order valence-electron chi connectivity index (χ1n) is 10.5. The lowest BCUT2D eigenvalue weighted by atomic mass is 10.1. The van der Waals surface area contributed by atoms with E-state index in [9.17, 15) is 9.59 Å². The molecule has 0 aliphatic carbocycles. The summed E-state index contributed by atoms with van der Waals surface area (Å²) in [5.41, 5.74) is -0.641. The molecule has 0 spiro atoms. The zero-order chi connectivity index (χ0) is 23.3. The van der Waals surface area contributed by atoms with Crippen LogP contribution in [0.5, 0.6) is 0 Å². The molecule has 0 aromatic heterocycles. The van der Waals surface area contributed by atoms with Crippen molar-refractivity contribution in [3.8, 4) is 0 Å². The fourth-order valence-electron chi connectivity index (χ4n) is 4.21. The molecule has 0 amide bonds. The van der Waals surface area contributed by atoms with Gasteiger partial charge in [-0.1, -0.05) is 66.2 Å². The van der Waals surface area contributed by atoms with Gasteiger partial charge in [0.2, 0.25) is 11.4 Å². The Morgan fingerprint density at radius 3 is 1.42 bits per heavy atom. The molecule has 0 N–H and O–H groups in total. The number of Topliss-reactive ketones (excluding diaryl/α,β-unsaturated/α-hetero) is 1. The third-order valence-electron chi connectivity index (χ3n) is 5.68. The standard InChI is InChI=1S/C28H23ClO3P/c1-32-28(31)27(26(30)21-17-19-22(29)20-18-21)33(23-11-5-2-6-12-23,24-13-7-3-8-14-24)25-15-9-4-10-16-25/h2-20,27H,1H3/q+1. The van der Waals surface area contributed by atoms with Crippen LogP contribution < -0.4 is 15.9 Å². The van der Waals surface area contributed by atoms with Crippen molar-refractivity contribution in [2.75, 3.05) is 7.11 Å². The van der Waals surface area contributed by atoms with Crippen molar-refractivity contribution in [3.05, 3.63) is 126 Å². The second-order valence-corrected chi connectivity index (χ2v) is 11.5. The summed E-state index contributed by atoms with van der Waals surface area (Å²) in [6.07, 6.45) is 0. The van der Waals surface area contributed by atoms with Gasteiger partial charge in [0, 0.05) is 10.6 Å². The molecule has 1 atom stereocenters. The summed E-state index contributed by atoms with van der Waals surface area (Å²) in [6.45, 7) is 0. The summed E-state index contributed by atoms with van der Waals surface area (Å²) in [5, 5.41) is 3.32. The van der Waals surface area contributed by atoms with Crippen LogP contribution in [0.2, 0.25) is 5.02 Å². The van der Waals surface area contributed by atoms with Gasteiger partial charge < -0.3 is 4.74 Å². The Hall–Kier alpha value is -3.26. The lowest BCUT2D eigenvalue weighted by Gasteiger charge is -2.32. The van der Waals surface area contributed by atoms with Gasteiger partial charge in [0.25, 0.3) is 0 Å². The van der Waals surface area contributed by atoms with Crippen LogP contribution in [0.15, 0.2) is 115 Å². The minimum Gasteiger partial charge on any atom is -0.466 e. The number of halogens is 1. The zero-order valence-corrected chi connectivity index (χ0v) is 19.7. The lowest BCUT2D eigenvalue weighted by molar-refractivity contribution is -0.139. The Balaban J connectivity index is 2.10. The Morgan fingerprint density at radius 1 is 0.667 bits per heavy atom. The molecule has 3 nitrogen and oxygen atoms in total. The van der Waals surface area contributed by atoms with Crippen molar-refractivity contribution in [1.82, 2.24) is 0 Å². The maximum Gasteiger partial charge on any atom is 0.356 e. The number of methoxy groups -OCH3 is 1. The van der Waals surface area contributed by atoms with E-state index in [2.05, 4.69) is 0 Å². The van der Waals surface area contributed by atoms with Gasteiger partial charge in [0.05, 0.1) is 7.11 Å². The summed E-state index contributed by atoms with van der Waals surface area (Å²) < 4.78 is 5.29. The Kier molecular flexibility index (Phi) is 7.03. The van der Waals surface area contributed by atoms with Crippen molar-refractivity contribution in [2.24, 2.45) is 0 Å². The number of ether oxygens (including phenoxy) is 1. The molecule has 0 aliphatic rings. The van der Waals surface area contributed by atoms with E-state index in [1.54, 1.807) is 24.3 Å². The highest BCUT2D eigenvalue weighted by Crippen LogP contribution is 2.60. The number of hydrogen-bond donors (Lipinski definition) is 0. The van der Waals surface area contributed by atoms with E-state index in [1.165, 1.54) is 7.11 Å². The van der Waals surface area contributed by atoms with Crippen molar-refractivity contribution < 1.29 is 14.3 Å². The number of rotatable bonds is 7. The van der Waals surface area contributed by atoms with E-state index in [0.29, 0.717) is 10.6 Å². The van der Waals surface area contributed by atoms with Crippen LogP contribution in [0.25, 0.3) is 0 Å². The van der Waals surface area contributed by atoms with Crippen molar-refractivity contribution in [3.63, 3.8) is 0 Å². The zero-order valence-electron chi connectivity index (χ0n) is 18.1. The molecule has 4 aromatic carbocycles. The fourth-order valence-corrected chi connectivity index (χ4v) is 8.97. The fraction of sp³-hybridized carbons (Fsp3) is 0.0714. The minimum atomic E-state index is -2.83. The molecule has 5 heteroatoms. The number of benzene rings is 4. The summed E-state index contributed by atoms with van der Waals surface area (Å²) in [7, 11) is -1.49. The molecule has 0 heterocycles. The number of carbonyl (C=O) groups is 2. The second kappa shape index (κ2) is 10.1. The smallest absolute Gasteiger partial charge is 0.356 e. The maximum atomic E-state index is 14.1. The molecule has 1 unspecified atom stereocenters. The first-order valence-corrected chi connectivity index (χ1v) is 12.8. The number of ketones is 1. The topological polar surface area (TPSA) is 43.4 Å². The van der Waals surface area contributed by atoms with Crippen LogP contribution in [0, 0.1) is 0 Å². The molecular formula is C28H23ClO3P+. The molecule has 4 aromatic rings. The van der Waals surface area contributed by atoms with Gasteiger partial charge in [-0.25, -0.2) is 4.79 Å². The van der Waals surface area contributed by atoms with Crippen LogP contribution in [0.3, 0.4) is 0 Å². The van der Waals surface area contributed by atoms with Crippen LogP contribution in [0.4, 0.5) is 0 Å². The average molecular weight is 474 g/mol. The summed E-state index contributed by atoms with van der Waals surface area (Å²) in [5.74, 6) is -0.844. The number of hydrogen-bond acceptors (Lipinski definition) is 3. The molecular weight excluding hydrogens is 451 g/mol. The molecule has 0 fully saturated rings. The highest BCUT2D eigenvalue weighted by Gasteiger charge is 2.60. The van der Waals surface area contributed by atoms with Crippen LogP contribution in [-0.2, 0) is 9.53 Å². The summed E-state index contributed by atoms with van der Waals surface area (Å²) in [4.78, 5) is 27.6. The van der Waals surface area contributed by atoms with E-state index < -0.39 is 18.9 Å². The van der Waals surface area contributed by atoms with Crippen molar-refractivity contribution >= 4 is 46.5 Å². The molecule has 0 bridgehead atoms. The Bertz CT molecular complexity index is 1130. The van der Waals surface area contributed by atoms with Crippen molar-refractivity contribution in [2.45, 2.75) is 5.66 Å². The minimum absolute atomic E-state index is 0.289. The van der Waals surface area contributed by atoms with Gasteiger partial charge in [0.15, 0.2) is 0 Å². The van der Waals surface area contributed by atoms with Gasteiger partial charge in [-0.05, 0) is 60.7 Å². The first-order chi connectivity index (χ1) is 16.1. The average Bonchev–Trinajstić information content (AvgIpc) is 2.88.